The van der Waals surface area contributed by atoms with E-state index in [0.717, 1.165) is 36.3 Å². The van der Waals surface area contributed by atoms with Gasteiger partial charge in [-0.25, -0.2) is 0 Å². The van der Waals surface area contributed by atoms with Gasteiger partial charge in [-0.15, -0.1) is 21.5 Å². The van der Waals surface area contributed by atoms with Crippen LogP contribution in [0.3, 0.4) is 0 Å². The molecule has 0 saturated heterocycles. The van der Waals surface area contributed by atoms with Crippen molar-refractivity contribution in [1.29, 1.82) is 0 Å². The summed E-state index contributed by atoms with van der Waals surface area (Å²) in [7, 11) is 0. The van der Waals surface area contributed by atoms with Gasteiger partial charge in [-0.2, -0.15) is 4.80 Å². The molecular formula is C25H27N7O3S. The van der Waals surface area contributed by atoms with Crippen molar-refractivity contribution in [2.75, 3.05) is 0 Å². The zero-order valence-corrected chi connectivity index (χ0v) is 20.7. The van der Waals surface area contributed by atoms with Gasteiger partial charge < -0.3 is 14.6 Å². The minimum absolute atomic E-state index is 0.122. The molecule has 1 aliphatic carbocycles. The summed E-state index contributed by atoms with van der Waals surface area (Å²) in [6.45, 7) is 1.94. The van der Waals surface area contributed by atoms with Crippen molar-refractivity contribution in [1.82, 2.24) is 35.4 Å². The first-order valence-electron chi connectivity index (χ1n) is 11.9. The fourth-order valence-corrected chi connectivity index (χ4v) is 5.14. The minimum Gasteiger partial charge on any atom is -0.458 e. The van der Waals surface area contributed by atoms with Crippen molar-refractivity contribution in [3.05, 3.63) is 70.4 Å². The van der Waals surface area contributed by atoms with E-state index < -0.39 is 6.04 Å². The average Bonchev–Trinajstić information content (AvgIpc) is 3.68. The summed E-state index contributed by atoms with van der Waals surface area (Å²) in [5.74, 6) is 1.01. The van der Waals surface area contributed by atoms with Crippen molar-refractivity contribution in [2.24, 2.45) is 0 Å². The quantitative estimate of drug-likeness (QED) is 0.370. The fourth-order valence-electron chi connectivity index (χ4n) is 4.44. The molecule has 1 saturated carbocycles. The summed E-state index contributed by atoms with van der Waals surface area (Å²) in [5.41, 5.74) is 0.698. The van der Waals surface area contributed by atoms with Crippen LogP contribution in [0.2, 0.25) is 0 Å². The van der Waals surface area contributed by atoms with Crippen LogP contribution in [-0.2, 0) is 22.7 Å². The van der Waals surface area contributed by atoms with Crippen molar-refractivity contribution in [2.45, 2.75) is 57.8 Å². The van der Waals surface area contributed by atoms with Crippen LogP contribution in [0, 0.1) is 6.92 Å². The van der Waals surface area contributed by atoms with Crippen molar-refractivity contribution in [3.8, 4) is 11.6 Å². The monoisotopic (exact) mass is 505 g/mol. The molecule has 1 fully saturated rings. The fraction of sp³-hybridized carbons (Fsp3) is 0.360. The third-order valence-corrected chi connectivity index (χ3v) is 7.06. The van der Waals surface area contributed by atoms with E-state index in [4.69, 9.17) is 4.42 Å². The van der Waals surface area contributed by atoms with Crippen LogP contribution in [0.5, 0.6) is 0 Å². The number of nitrogens with one attached hydrogen (secondary N) is 1. The van der Waals surface area contributed by atoms with Gasteiger partial charge >= 0.3 is 0 Å². The van der Waals surface area contributed by atoms with Crippen LogP contribution in [0.1, 0.15) is 47.9 Å². The first-order chi connectivity index (χ1) is 17.6. The number of thiophene rings is 1. The predicted molar refractivity (Wildman–Crippen MR) is 133 cm³/mol. The van der Waals surface area contributed by atoms with Gasteiger partial charge in [0.25, 0.3) is 0 Å². The van der Waals surface area contributed by atoms with Gasteiger partial charge in [0, 0.05) is 23.3 Å². The van der Waals surface area contributed by atoms with Gasteiger partial charge in [0.05, 0.1) is 6.54 Å². The molecule has 1 N–H and O–H groups in total. The summed E-state index contributed by atoms with van der Waals surface area (Å²) in [4.78, 5) is 35.2. The highest BCUT2D eigenvalue weighted by molar-refractivity contribution is 7.09. The number of rotatable bonds is 9. The molecule has 4 aromatic rings. The van der Waals surface area contributed by atoms with E-state index in [9.17, 15) is 9.59 Å². The Morgan fingerprint density at radius 1 is 1.19 bits per heavy atom. The molecule has 0 unspecified atom stereocenters. The van der Waals surface area contributed by atoms with Crippen molar-refractivity contribution in [3.63, 3.8) is 0 Å². The van der Waals surface area contributed by atoms with E-state index in [1.54, 1.807) is 35.5 Å². The predicted octanol–water partition coefficient (Wildman–Crippen LogP) is 3.53. The standard InChI is InChI=1S/C25H27N7O3S/c1-17-8-9-21(35-17)24-28-30-32(29-24)16-22(33)31(15-20-7-4-14-36-20)23(18-10-12-26-13-11-18)25(34)27-19-5-2-3-6-19/h4,7-14,19,23H,2-3,5-6,15-16H2,1H3,(H,27,34)/t23-/m1/s1. The molecule has 4 heterocycles. The Morgan fingerprint density at radius 2 is 2.00 bits per heavy atom. The van der Waals surface area contributed by atoms with Gasteiger partial charge in [-0.3, -0.25) is 14.6 Å². The van der Waals surface area contributed by atoms with Gasteiger partial charge in [0.2, 0.25) is 17.6 Å². The number of carbonyl (C=O) groups is 2. The number of amides is 2. The summed E-state index contributed by atoms with van der Waals surface area (Å²) in [6.07, 6.45) is 7.36. The molecule has 0 radical (unpaired) electrons. The van der Waals surface area contributed by atoms with Crippen LogP contribution < -0.4 is 5.32 Å². The first-order valence-corrected chi connectivity index (χ1v) is 12.8. The molecule has 2 amide bonds. The van der Waals surface area contributed by atoms with Crippen LogP contribution >= 0.6 is 11.3 Å². The molecule has 0 aromatic carbocycles. The van der Waals surface area contributed by atoms with Crippen molar-refractivity contribution < 1.29 is 14.0 Å². The number of hydrogen-bond acceptors (Lipinski definition) is 8. The van der Waals surface area contributed by atoms with E-state index in [1.165, 1.54) is 16.1 Å². The molecule has 1 atom stereocenters. The summed E-state index contributed by atoms with van der Waals surface area (Å²) in [5, 5.41) is 17.5. The molecule has 36 heavy (non-hydrogen) atoms. The van der Waals surface area contributed by atoms with Gasteiger partial charge in [-0.05, 0) is 66.3 Å². The molecule has 0 aliphatic heterocycles. The topological polar surface area (TPSA) is 119 Å². The maximum absolute atomic E-state index is 13.7. The van der Waals surface area contributed by atoms with E-state index in [2.05, 4.69) is 25.7 Å². The van der Waals surface area contributed by atoms with Gasteiger partial charge in [-0.1, -0.05) is 18.9 Å². The molecule has 0 bridgehead atoms. The number of nitrogens with zero attached hydrogens (tertiary/aromatic N) is 6. The van der Waals surface area contributed by atoms with Gasteiger partial charge in [0.1, 0.15) is 18.3 Å². The number of hydrogen-bond donors (Lipinski definition) is 1. The number of tetrazole rings is 1. The van der Waals surface area contributed by atoms with Crippen LogP contribution in [0.15, 0.2) is 58.6 Å². The van der Waals surface area contributed by atoms with E-state index >= 15 is 0 Å². The highest BCUT2D eigenvalue weighted by Crippen LogP contribution is 2.27. The van der Waals surface area contributed by atoms with Crippen LogP contribution in [0.25, 0.3) is 11.6 Å². The third-order valence-electron chi connectivity index (χ3n) is 6.20. The van der Waals surface area contributed by atoms with E-state index in [-0.39, 0.29) is 30.9 Å². The largest absolute Gasteiger partial charge is 0.458 e. The highest BCUT2D eigenvalue weighted by Gasteiger charge is 2.34. The number of aryl methyl sites for hydroxylation is 1. The second-order valence-electron chi connectivity index (χ2n) is 8.83. The SMILES string of the molecule is Cc1ccc(-c2nnn(CC(=O)N(Cc3cccs3)[C@@H](C(=O)NC3CCCC3)c3ccncc3)n2)o1. The summed E-state index contributed by atoms with van der Waals surface area (Å²) in [6, 6.07) is 10.3. The molecule has 5 rings (SSSR count). The van der Waals surface area contributed by atoms with Crippen LogP contribution in [0.4, 0.5) is 0 Å². The minimum atomic E-state index is -0.820. The molecule has 0 spiro atoms. The lowest BCUT2D eigenvalue weighted by molar-refractivity contribution is -0.142. The number of furan rings is 1. The Hall–Kier alpha value is -3.86. The number of carbonyl (C=O) groups excluding carboxylic acids is 2. The van der Waals surface area contributed by atoms with Crippen molar-refractivity contribution >= 4 is 23.2 Å². The third kappa shape index (κ3) is 5.51. The summed E-state index contributed by atoms with van der Waals surface area (Å²) < 4.78 is 5.57. The zero-order chi connectivity index (χ0) is 24.9. The highest BCUT2D eigenvalue weighted by atomic mass is 32.1. The number of aromatic nitrogens is 5. The molecular weight excluding hydrogens is 478 g/mol. The molecule has 10 nitrogen and oxygen atoms in total. The lowest BCUT2D eigenvalue weighted by atomic mass is 10.0. The Bertz CT molecular complexity index is 1300. The van der Waals surface area contributed by atoms with E-state index in [1.807, 2.05) is 30.5 Å². The molecule has 1 aliphatic rings. The average molecular weight is 506 g/mol. The Kier molecular flexibility index (Phi) is 7.17. The first kappa shape index (κ1) is 23.9. The Labute approximate surface area is 212 Å². The molecule has 186 valence electrons. The number of pyridine rings is 1. The molecule has 4 aromatic heterocycles. The van der Waals surface area contributed by atoms with Crippen LogP contribution in [-0.4, -0.2) is 47.9 Å². The Balaban J connectivity index is 1.43. The summed E-state index contributed by atoms with van der Waals surface area (Å²) >= 11 is 1.54. The van der Waals surface area contributed by atoms with Gasteiger partial charge in [0.15, 0.2) is 5.76 Å². The normalized spacial score (nSPS) is 14.6. The Morgan fingerprint density at radius 3 is 2.69 bits per heavy atom. The maximum atomic E-state index is 13.7. The second-order valence-corrected chi connectivity index (χ2v) is 9.86. The molecule has 11 heteroatoms. The lowest BCUT2D eigenvalue weighted by Crippen LogP contribution is -2.46. The lowest BCUT2D eigenvalue weighted by Gasteiger charge is -2.31. The van der Waals surface area contributed by atoms with E-state index in [0.29, 0.717) is 17.1 Å². The smallest absolute Gasteiger partial charge is 0.247 e. The second kappa shape index (κ2) is 10.8. The zero-order valence-electron chi connectivity index (χ0n) is 19.9. The maximum Gasteiger partial charge on any atom is 0.247 e.